The van der Waals surface area contributed by atoms with Crippen molar-refractivity contribution in [3.63, 3.8) is 0 Å². The van der Waals surface area contributed by atoms with E-state index < -0.39 is 0 Å². The van der Waals surface area contributed by atoms with E-state index in [9.17, 15) is 0 Å². The summed E-state index contributed by atoms with van der Waals surface area (Å²) >= 11 is 0. The first kappa shape index (κ1) is 18.2. The molecule has 3 atom stereocenters. The normalized spacial score (nSPS) is 29.0. The lowest BCUT2D eigenvalue weighted by Crippen LogP contribution is -2.46. The summed E-state index contributed by atoms with van der Waals surface area (Å²) in [6.07, 6.45) is 10.8. The Kier molecular flexibility index (Phi) is 5.73. The second-order valence-corrected chi connectivity index (χ2v) is 8.95. The molecule has 2 heterocycles. The highest BCUT2D eigenvalue weighted by molar-refractivity contribution is 5.58. The average molecular weight is 358 g/mol. The van der Waals surface area contributed by atoms with Crippen molar-refractivity contribution in [2.45, 2.75) is 77.4 Å². The van der Waals surface area contributed by atoms with Gasteiger partial charge in [0.15, 0.2) is 0 Å². The fourth-order valence-corrected chi connectivity index (χ4v) is 5.15. The van der Waals surface area contributed by atoms with Crippen LogP contribution in [0.3, 0.4) is 0 Å². The lowest BCUT2D eigenvalue weighted by Gasteiger charge is -2.47. The zero-order chi connectivity index (χ0) is 17.9. The summed E-state index contributed by atoms with van der Waals surface area (Å²) in [4.78, 5) is 0. The summed E-state index contributed by atoms with van der Waals surface area (Å²) in [5.41, 5.74) is 2.60. The molecular formula is C23H35NO2. The largest absolute Gasteiger partial charge is 0.494 e. The van der Waals surface area contributed by atoms with Crippen molar-refractivity contribution in [1.29, 1.82) is 0 Å². The SMILES string of the molecule is CC(C)CCOc1ccc2c(c1)[C@@H]1OCCC[C@@H]1[C@H](C1CCCCC1)N2. The summed E-state index contributed by atoms with van der Waals surface area (Å²) in [6, 6.07) is 7.18. The molecule has 1 aromatic rings. The predicted octanol–water partition coefficient (Wildman–Crippen LogP) is 5.95. The minimum atomic E-state index is 0.251. The van der Waals surface area contributed by atoms with Crippen molar-refractivity contribution in [3.05, 3.63) is 23.8 Å². The fraction of sp³-hybridized carbons (Fsp3) is 0.739. The van der Waals surface area contributed by atoms with Gasteiger partial charge in [0, 0.05) is 29.8 Å². The maximum Gasteiger partial charge on any atom is 0.119 e. The van der Waals surface area contributed by atoms with Crippen molar-refractivity contribution in [2.75, 3.05) is 18.5 Å². The van der Waals surface area contributed by atoms with Crippen LogP contribution in [0, 0.1) is 17.8 Å². The number of anilines is 1. The Hall–Kier alpha value is -1.22. The third kappa shape index (κ3) is 3.88. The van der Waals surface area contributed by atoms with Crippen LogP contribution < -0.4 is 10.1 Å². The van der Waals surface area contributed by atoms with Gasteiger partial charge in [0.25, 0.3) is 0 Å². The van der Waals surface area contributed by atoms with Crippen LogP contribution in [-0.4, -0.2) is 19.3 Å². The van der Waals surface area contributed by atoms with Crippen molar-refractivity contribution in [2.24, 2.45) is 17.8 Å². The van der Waals surface area contributed by atoms with Crippen molar-refractivity contribution < 1.29 is 9.47 Å². The molecule has 3 nitrogen and oxygen atoms in total. The van der Waals surface area contributed by atoms with E-state index in [0.29, 0.717) is 17.9 Å². The van der Waals surface area contributed by atoms with Crippen LogP contribution in [0.4, 0.5) is 5.69 Å². The van der Waals surface area contributed by atoms with Crippen LogP contribution in [0.2, 0.25) is 0 Å². The number of rotatable bonds is 5. The molecule has 2 aliphatic heterocycles. The van der Waals surface area contributed by atoms with Gasteiger partial charge in [0.05, 0.1) is 12.7 Å². The van der Waals surface area contributed by atoms with Gasteiger partial charge in [-0.1, -0.05) is 33.1 Å². The number of fused-ring (bicyclic) bond motifs is 3. The number of hydrogen-bond donors (Lipinski definition) is 1. The standard InChI is InChI=1S/C23H35NO2/c1-16(2)12-14-25-18-10-11-21-20(15-18)23-19(9-6-13-26-23)22(24-21)17-7-4-3-5-8-17/h10-11,15-17,19,22-24H,3-9,12-14H2,1-2H3/t19-,22+,23-/m1/s1. The molecule has 1 saturated heterocycles. The third-order valence-corrected chi connectivity index (χ3v) is 6.60. The van der Waals surface area contributed by atoms with Gasteiger partial charge < -0.3 is 14.8 Å². The van der Waals surface area contributed by atoms with Crippen molar-refractivity contribution in [1.82, 2.24) is 0 Å². The van der Waals surface area contributed by atoms with Crippen LogP contribution >= 0.6 is 0 Å². The van der Waals surface area contributed by atoms with Crippen molar-refractivity contribution >= 4 is 5.69 Å². The first-order valence-corrected chi connectivity index (χ1v) is 10.9. The Bertz CT molecular complexity index is 594. The van der Waals surface area contributed by atoms with Crippen LogP contribution in [0.5, 0.6) is 5.75 Å². The summed E-state index contributed by atoms with van der Waals surface area (Å²) in [5, 5.41) is 3.93. The van der Waals surface area contributed by atoms with Crippen LogP contribution in [0.15, 0.2) is 18.2 Å². The molecule has 1 saturated carbocycles. The van der Waals surface area contributed by atoms with Crippen molar-refractivity contribution in [3.8, 4) is 5.75 Å². The molecule has 1 aromatic carbocycles. The van der Waals surface area contributed by atoms with E-state index in [0.717, 1.165) is 31.3 Å². The molecule has 0 spiro atoms. The van der Waals surface area contributed by atoms with Gasteiger partial charge in [-0.15, -0.1) is 0 Å². The molecule has 0 amide bonds. The van der Waals surface area contributed by atoms with Gasteiger partial charge in [0.2, 0.25) is 0 Å². The van der Waals surface area contributed by atoms with Gasteiger partial charge >= 0.3 is 0 Å². The Morgan fingerprint density at radius 3 is 2.77 bits per heavy atom. The molecule has 0 bridgehead atoms. The lowest BCUT2D eigenvalue weighted by atomic mass is 9.71. The minimum Gasteiger partial charge on any atom is -0.494 e. The van der Waals surface area contributed by atoms with Crippen LogP contribution in [-0.2, 0) is 4.74 Å². The van der Waals surface area contributed by atoms with E-state index >= 15 is 0 Å². The number of ether oxygens (including phenoxy) is 2. The highest BCUT2D eigenvalue weighted by Gasteiger charge is 2.42. The van der Waals surface area contributed by atoms with Gasteiger partial charge in [-0.2, -0.15) is 0 Å². The minimum absolute atomic E-state index is 0.251. The Morgan fingerprint density at radius 2 is 1.96 bits per heavy atom. The molecule has 4 rings (SSSR count). The van der Waals surface area contributed by atoms with E-state index in [2.05, 4.69) is 37.4 Å². The van der Waals surface area contributed by atoms with Gasteiger partial charge in [-0.3, -0.25) is 0 Å². The molecule has 2 fully saturated rings. The first-order valence-electron chi connectivity index (χ1n) is 10.9. The molecule has 26 heavy (non-hydrogen) atoms. The molecule has 3 aliphatic rings. The summed E-state index contributed by atoms with van der Waals surface area (Å²) in [7, 11) is 0. The van der Waals surface area contributed by atoms with Gasteiger partial charge in [-0.05, 0) is 62.1 Å². The quantitative estimate of drug-likeness (QED) is 0.706. The maximum absolute atomic E-state index is 6.33. The monoisotopic (exact) mass is 357 g/mol. The fourth-order valence-electron chi connectivity index (χ4n) is 5.15. The number of nitrogens with one attached hydrogen (secondary N) is 1. The molecular weight excluding hydrogens is 322 g/mol. The smallest absolute Gasteiger partial charge is 0.119 e. The zero-order valence-electron chi connectivity index (χ0n) is 16.5. The molecule has 0 radical (unpaired) electrons. The summed E-state index contributed by atoms with van der Waals surface area (Å²) in [5.74, 6) is 3.10. The Labute approximate surface area is 158 Å². The topological polar surface area (TPSA) is 30.5 Å². The van der Waals surface area contributed by atoms with Gasteiger partial charge in [-0.25, -0.2) is 0 Å². The van der Waals surface area contributed by atoms with E-state index in [1.54, 1.807) is 0 Å². The van der Waals surface area contributed by atoms with E-state index in [-0.39, 0.29) is 6.10 Å². The Morgan fingerprint density at radius 1 is 1.12 bits per heavy atom. The van der Waals surface area contributed by atoms with E-state index in [4.69, 9.17) is 9.47 Å². The number of hydrogen-bond acceptors (Lipinski definition) is 3. The Balaban J connectivity index is 1.54. The highest BCUT2D eigenvalue weighted by atomic mass is 16.5. The maximum atomic E-state index is 6.33. The molecule has 0 unspecified atom stereocenters. The second-order valence-electron chi connectivity index (χ2n) is 8.95. The number of benzene rings is 1. The molecule has 3 heteroatoms. The predicted molar refractivity (Wildman–Crippen MR) is 107 cm³/mol. The molecule has 1 aliphatic carbocycles. The molecule has 1 N–H and O–H groups in total. The molecule has 144 valence electrons. The van der Waals surface area contributed by atoms with Gasteiger partial charge in [0.1, 0.15) is 5.75 Å². The van der Waals surface area contributed by atoms with E-state index in [1.165, 1.54) is 56.2 Å². The van der Waals surface area contributed by atoms with E-state index in [1.807, 2.05) is 0 Å². The first-order chi connectivity index (χ1) is 12.7. The lowest BCUT2D eigenvalue weighted by molar-refractivity contribution is -0.0459. The highest BCUT2D eigenvalue weighted by Crippen LogP contribution is 2.48. The second kappa shape index (κ2) is 8.21. The average Bonchev–Trinajstić information content (AvgIpc) is 2.68. The summed E-state index contributed by atoms with van der Waals surface area (Å²) in [6.45, 7) is 6.18. The van der Waals surface area contributed by atoms with Crippen LogP contribution in [0.25, 0.3) is 0 Å². The third-order valence-electron chi connectivity index (χ3n) is 6.60. The summed E-state index contributed by atoms with van der Waals surface area (Å²) < 4.78 is 12.4. The molecule has 0 aromatic heterocycles. The van der Waals surface area contributed by atoms with Crippen LogP contribution in [0.1, 0.15) is 76.9 Å². The zero-order valence-corrected chi connectivity index (χ0v) is 16.5.